The molecule has 2 nitrogen and oxygen atoms in total. The smallest absolute Gasteiger partial charge is 0.109 e. The van der Waals surface area contributed by atoms with Gasteiger partial charge in [0.15, 0.2) is 0 Å². The average Bonchev–Trinajstić information content (AvgIpc) is 2.68. The molecule has 0 bridgehead atoms. The number of benzene rings is 1. The SMILES string of the molecule is N#C[C@@]1(c2ccccc2Cl)CCOC1. The number of ether oxygens (including phenoxy) is 1. The van der Waals surface area contributed by atoms with Crippen LogP contribution in [0.3, 0.4) is 0 Å². The van der Waals surface area contributed by atoms with Gasteiger partial charge in [0.25, 0.3) is 0 Å². The summed E-state index contributed by atoms with van der Waals surface area (Å²) in [5.74, 6) is 0. The first-order valence-corrected chi connectivity index (χ1v) is 4.90. The van der Waals surface area contributed by atoms with Gasteiger partial charge in [-0.2, -0.15) is 5.26 Å². The first-order valence-electron chi connectivity index (χ1n) is 4.52. The van der Waals surface area contributed by atoms with Crippen molar-refractivity contribution in [3.05, 3.63) is 34.9 Å². The summed E-state index contributed by atoms with van der Waals surface area (Å²) in [5.41, 5.74) is 0.361. The zero-order valence-corrected chi connectivity index (χ0v) is 8.42. The van der Waals surface area contributed by atoms with Crippen LogP contribution in [0.25, 0.3) is 0 Å². The Kier molecular flexibility index (Phi) is 2.45. The van der Waals surface area contributed by atoms with E-state index in [0.29, 0.717) is 18.2 Å². The number of hydrogen-bond acceptors (Lipinski definition) is 2. The molecule has 2 rings (SSSR count). The lowest BCUT2D eigenvalue weighted by Gasteiger charge is -2.19. The van der Waals surface area contributed by atoms with Gasteiger partial charge >= 0.3 is 0 Å². The Labute approximate surface area is 88.1 Å². The Bertz CT molecular complexity index is 377. The molecule has 1 aromatic carbocycles. The van der Waals surface area contributed by atoms with Gasteiger partial charge in [-0.15, -0.1) is 0 Å². The lowest BCUT2D eigenvalue weighted by atomic mass is 9.81. The predicted octanol–water partition coefficient (Wildman–Crippen LogP) is 2.52. The monoisotopic (exact) mass is 207 g/mol. The molecule has 0 N–H and O–H groups in total. The summed E-state index contributed by atoms with van der Waals surface area (Å²) in [6.07, 6.45) is 0.729. The molecular formula is C11H10ClNO. The molecule has 0 aromatic heterocycles. The number of halogens is 1. The maximum absolute atomic E-state index is 9.21. The van der Waals surface area contributed by atoms with E-state index < -0.39 is 5.41 Å². The van der Waals surface area contributed by atoms with Gasteiger partial charge in [0.2, 0.25) is 0 Å². The van der Waals surface area contributed by atoms with E-state index in [4.69, 9.17) is 16.3 Å². The van der Waals surface area contributed by atoms with E-state index in [1.54, 1.807) is 0 Å². The van der Waals surface area contributed by atoms with Gasteiger partial charge in [-0.25, -0.2) is 0 Å². The minimum absolute atomic E-state index is 0.452. The topological polar surface area (TPSA) is 33.0 Å². The largest absolute Gasteiger partial charge is 0.379 e. The van der Waals surface area contributed by atoms with Gasteiger partial charge in [-0.1, -0.05) is 29.8 Å². The lowest BCUT2D eigenvalue weighted by molar-refractivity contribution is 0.186. The van der Waals surface area contributed by atoms with E-state index >= 15 is 0 Å². The van der Waals surface area contributed by atoms with E-state index in [9.17, 15) is 5.26 Å². The first-order chi connectivity index (χ1) is 6.78. The summed E-state index contributed by atoms with van der Waals surface area (Å²) in [6.45, 7) is 1.09. The highest BCUT2D eigenvalue weighted by Crippen LogP contribution is 2.36. The van der Waals surface area contributed by atoms with Crippen LogP contribution in [0.5, 0.6) is 0 Å². The number of nitrogens with zero attached hydrogens (tertiary/aromatic N) is 1. The molecule has 1 aliphatic heterocycles. The predicted molar refractivity (Wildman–Crippen MR) is 54.2 cm³/mol. The maximum atomic E-state index is 9.21. The quantitative estimate of drug-likeness (QED) is 0.709. The molecule has 0 amide bonds. The summed E-state index contributed by atoms with van der Waals surface area (Å²) < 4.78 is 5.28. The third-order valence-electron chi connectivity index (χ3n) is 2.63. The van der Waals surface area contributed by atoms with Crippen LogP contribution in [-0.4, -0.2) is 13.2 Å². The Morgan fingerprint density at radius 1 is 1.43 bits per heavy atom. The standard InChI is InChI=1S/C11H10ClNO/c12-10-4-2-1-3-9(10)11(7-13)5-6-14-8-11/h1-4H,5-6,8H2/t11-/m0/s1. The Balaban J connectivity index is 2.47. The fraction of sp³-hybridized carbons (Fsp3) is 0.364. The molecule has 0 unspecified atom stereocenters. The molecule has 1 saturated heterocycles. The van der Waals surface area contributed by atoms with Crippen molar-refractivity contribution in [3.63, 3.8) is 0 Å². The molecular weight excluding hydrogens is 198 g/mol. The van der Waals surface area contributed by atoms with E-state index in [-0.39, 0.29) is 0 Å². The summed E-state index contributed by atoms with van der Waals surface area (Å²) in [7, 11) is 0. The Morgan fingerprint density at radius 3 is 2.79 bits per heavy atom. The third kappa shape index (κ3) is 1.39. The van der Waals surface area contributed by atoms with Gasteiger partial charge in [0.1, 0.15) is 5.41 Å². The van der Waals surface area contributed by atoms with Crippen LogP contribution in [-0.2, 0) is 10.2 Å². The maximum Gasteiger partial charge on any atom is 0.109 e. The average molecular weight is 208 g/mol. The minimum atomic E-state index is -0.529. The van der Waals surface area contributed by atoms with Gasteiger partial charge in [-0.3, -0.25) is 0 Å². The van der Waals surface area contributed by atoms with Crippen molar-refractivity contribution in [1.29, 1.82) is 5.26 Å². The molecule has 14 heavy (non-hydrogen) atoms. The molecule has 1 fully saturated rings. The zero-order valence-electron chi connectivity index (χ0n) is 7.66. The van der Waals surface area contributed by atoms with Crippen LogP contribution in [0, 0.1) is 11.3 Å². The second kappa shape index (κ2) is 3.61. The van der Waals surface area contributed by atoms with E-state index in [0.717, 1.165) is 12.0 Å². The second-order valence-electron chi connectivity index (χ2n) is 3.48. The number of hydrogen-bond donors (Lipinski definition) is 0. The minimum Gasteiger partial charge on any atom is -0.379 e. The summed E-state index contributed by atoms with van der Waals surface area (Å²) in [5, 5.41) is 9.86. The van der Waals surface area contributed by atoms with Gasteiger partial charge in [0, 0.05) is 11.6 Å². The second-order valence-corrected chi connectivity index (χ2v) is 3.88. The van der Waals surface area contributed by atoms with Crippen molar-refractivity contribution in [2.75, 3.05) is 13.2 Å². The normalized spacial score (nSPS) is 26.0. The van der Waals surface area contributed by atoms with Crippen LogP contribution in [0.1, 0.15) is 12.0 Å². The highest BCUT2D eigenvalue weighted by molar-refractivity contribution is 6.31. The van der Waals surface area contributed by atoms with Crippen molar-refractivity contribution < 1.29 is 4.74 Å². The van der Waals surface area contributed by atoms with Gasteiger partial charge in [0.05, 0.1) is 12.7 Å². The molecule has 0 saturated carbocycles. The van der Waals surface area contributed by atoms with Crippen LogP contribution < -0.4 is 0 Å². The molecule has 1 aliphatic rings. The highest BCUT2D eigenvalue weighted by atomic mass is 35.5. The van der Waals surface area contributed by atoms with Crippen LogP contribution in [0.4, 0.5) is 0 Å². The van der Waals surface area contributed by atoms with Gasteiger partial charge < -0.3 is 4.74 Å². The fourth-order valence-electron chi connectivity index (χ4n) is 1.78. The van der Waals surface area contributed by atoms with E-state index in [1.165, 1.54) is 0 Å². The summed E-state index contributed by atoms with van der Waals surface area (Å²) in [4.78, 5) is 0. The van der Waals surface area contributed by atoms with Gasteiger partial charge in [-0.05, 0) is 18.1 Å². The van der Waals surface area contributed by atoms with E-state index in [2.05, 4.69) is 6.07 Å². The first kappa shape index (κ1) is 9.51. The molecule has 0 radical (unpaired) electrons. The Hall–Kier alpha value is -1.04. The molecule has 3 heteroatoms. The van der Waals surface area contributed by atoms with Crippen LogP contribution >= 0.6 is 11.6 Å². The molecule has 1 heterocycles. The summed E-state index contributed by atoms with van der Waals surface area (Å²) in [6, 6.07) is 9.81. The molecule has 1 atom stereocenters. The van der Waals surface area contributed by atoms with Crippen molar-refractivity contribution in [2.24, 2.45) is 0 Å². The third-order valence-corrected chi connectivity index (χ3v) is 2.95. The fourth-order valence-corrected chi connectivity index (χ4v) is 2.09. The number of nitriles is 1. The molecule has 0 spiro atoms. The molecule has 72 valence electrons. The van der Waals surface area contributed by atoms with Crippen molar-refractivity contribution in [1.82, 2.24) is 0 Å². The molecule has 1 aromatic rings. The van der Waals surface area contributed by atoms with Crippen molar-refractivity contribution in [2.45, 2.75) is 11.8 Å². The molecule has 0 aliphatic carbocycles. The van der Waals surface area contributed by atoms with Crippen LogP contribution in [0.2, 0.25) is 5.02 Å². The zero-order chi connectivity index (χ0) is 10.0. The van der Waals surface area contributed by atoms with Crippen LogP contribution in [0.15, 0.2) is 24.3 Å². The summed E-state index contributed by atoms with van der Waals surface area (Å²) >= 11 is 6.07. The van der Waals surface area contributed by atoms with Crippen molar-refractivity contribution in [3.8, 4) is 6.07 Å². The highest BCUT2D eigenvalue weighted by Gasteiger charge is 2.38. The lowest BCUT2D eigenvalue weighted by Crippen LogP contribution is -2.24. The Morgan fingerprint density at radius 2 is 2.21 bits per heavy atom. The van der Waals surface area contributed by atoms with E-state index in [1.807, 2.05) is 24.3 Å². The van der Waals surface area contributed by atoms with Crippen molar-refractivity contribution >= 4 is 11.6 Å². The number of rotatable bonds is 1.